The lowest BCUT2D eigenvalue weighted by Crippen LogP contribution is -2.31. The summed E-state index contributed by atoms with van der Waals surface area (Å²) in [6.45, 7) is 25.6. The van der Waals surface area contributed by atoms with Crippen LogP contribution in [0.15, 0.2) is 0 Å². The van der Waals surface area contributed by atoms with Crippen LogP contribution in [0.5, 0.6) is 0 Å². The maximum atomic E-state index is 13.6. The highest BCUT2D eigenvalue weighted by Crippen LogP contribution is 2.54. The molecule has 0 fully saturated rings. The molecule has 396 valence electrons. The van der Waals surface area contributed by atoms with E-state index in [0.717, 1.165) is 13.8 Å². The Morgan fingerprint density at radius 1 is 0.279 bits per heavy atom. The Morgan fingerprint density at radius 2 is 0.500 bits per heavy atom. The second-order valence-electron chi connectivity index (χ2n) is 20.4. The molecule has 68 heavy (non-hydrogen) atoms. The SMILES string of the molecule is C.C.CCC(C)(C)C.Cc1c(CC(C)(C)C)c(C(F)(F)F)c(C(F)(F)F)c(C(F)(F)F)c1C(F)(F)F.Cc1c(F)c(F)c(CC(C)(C)C)c(F)c1F.Cc1c(F)c(F)c(F)c(CC(C)(C)C)c1F. The number of alkyl halides is 12. The quantitative estimate of drug-likeness (QED) is 0.139. The normalized spacial score (nSPS) is 12.7. The van der Waals surface area contributed by atoms with Gasteiger partial charge in [0, 0.05) is 22.3 Å². The lowest BCUT2D eigenvalue weighted by Gasteiger charge is -2.31. The largest absolute Gasteiger partial charge is 0.417 e. The van der Waals surface area contributed by atoms with Crippen molar-refractivity contribution in [3.63, 3.8) is 0 Å². The Bertz CT molecular complexity index is 2000. The topological polar surface area (TPSA) is 0 Å². The van der Waals surface area contributed by atoms with Crippen LogP contribution in [-0.2, 0) is 44.0 Å². The summed E-state index contributed by atoms with van der Waals surface area (Å²) in [7, 11) is 0. The standard InChI is InChI=1S/C16H14F12.2C12H14F4.C6H14.2CH4/c1-6-7(5-12(2,3)4)9(14(20,21)22)11(16(26,27)28)10(15(23,24)25)8(6)13(17,18)19;1-6-8(13)10(15)7(5-12(2,3)4)11(16)9(6)14;1-6-8(13)7(5-12(2,3)4)10(15)11(16)9(6)14;1-5-6(2,3)4;;/h5H2,1-4H3;2*5H2,1-4H3;5H2,1-4H3;2*1H4. The van der Waals surface area contributed by atoms with E-state index in [1.165, 1.54) is 27.2 Å². The van der Waals surface area contributed by atoms with E-state index in [4.69, 9.17) is 0 Å². The lowest BCUT2D eigenvalue weighted by molar-refractivity contribution is -0.183. The smallest absolute Gasteiger partial charge is 0.206 e. The van der Waals surface area contributed by atoms with E-state index in [-0.39, 0.29) is 33.3 Å². The Kier molecular flexibility index (Phi) is 23.6. The number of hydrogen-bond acceptors (Lipinski definition) is 0. The van der Waals surface area contributed by atoms with Crippen molar-refractivity contribution < 1.29 is 87.8 Å². The van der Waals surface area contributed by atoms with E-state index < -0.39 is 144 Å². The Balaban J connectivity index is -0.000000907. The molecule has 0 atom stereocenters. The zero-order valence-electron chi connectivity index (χ0n) is 39.4. The molecule has 0 aliphatic rings. The number of rotatable bonds is 3. The first-order valence-electron chi connectivity index (χ1n) is 20.0. The predicted molar refractivity (Wildman–Crippen MR) is 226 cm³/mol. The van der Waals surface area contributed by atoms with E-state index in [1.807, 2.05) is 0 Å². The maximum Gasteiger partial charge on any atom is 0.417 e. The highest BCUT2D eigenvalue weighted by atomic mass is 19.4. The molecule has 0 saturated heterocycles. The third kappa shape index (κ3) is 19.2. The van der Waals surface area contributed by atoms with Crippen LogP contribution in [0.25, 0.3) is 0 Å². The van der Waals surface area contributed by atoms with Gasteiger partial charge in [-0.25, -0.2) is 35.1 Å². The highest BCUT2D eigenvalue weighted by molar-refractivity contribution is 5.56. The summed E-state index contributed by atoms with van der Waals surface area (Å²) in [5.74, 6) is -10.7. The first-order chi connectivity index (χ1) is 28.9. The van der Waals surface area contributed by atoms with E-state index in [9.17, 15) is 87.8 Å². The van der Waals surface area contributed by atoms with Crippen molar-refractivity contribution in [1.82, 2.24) is 0 Å². The number of hydrogen-bond donors (Lipinski definition) is 0. The zero-order chi connectivity index (χ0) is 53.2. The first-order valence-corrected chi connectivity index (χ1v) is 20.0. The first kappa shape index (κ1) is 68.5. The van der Waals surface area contributed by atoms with Crippen molar-refractivity contribution in [2.24, 2.45) is 21.7 Å². The van der Waals surface area contributed by atoms with Crippen LogP contribution >= 0.6 is 0 Å². The van der Waals surface area contributed by atoms with E-state index in [2.05, 4.69) is 27.7 Å². The Labute approximate surface area is 387 Å². The molecule has 0 bridgehead atoms. The van der Waals surface area contributed by atoms with Gasteiger partial charge in [0.2, 0.25) is 0 Å². The van der Waals surface area contributed by atoms with Gasteiger partial charge in [0.15, 0.2) is 40.7 Å². The van der Waals surface area contributed by atoms with Crippen molar-refractivity contribution in [1.29, 1.82) is 0 Å². The fourth-order valence-electron chi connectivity index (χ4n) is 5.88. The van der Waals surface area contributed by atoms with Gasteiger partial charge >= 0.3 is 24.7 Å². The summed E-state index contributed by atoms with van der Waals surface area (Å²) in [4.78, 5) is 0. The van der Waals surface area contributed by atoms with Crippen molar-refractivity contribution in [2.75, 3.05) is 0 Å². The molecular formula is C48H64F20. The van der Waals surface area contributed by atoms with Gasteiger partial charge in [-0.1, -0.05) is 111 Å². The molecule has 3 rings (SSSR count). The van der Waals surface area contributed by atoms with E-state index in [1.54, 1.807) is 41.5 Å². The van der Waals surface area contributed by atoms with Crippen LogP contribution in [0.1, 0.15) is 167 Å². The maximum absolute atomic E-state index is 13.6. The summed E-state index contributed by atoms with van der Waals surface area (Å²) in [6.07, 6.45) is -24.3. The minimum atomic E-state index is -6.34. The number of benzene rings is 3. The van der Waals surface area contributed by atoms with Crippen molar-refractivity contribution in [2.45, 2.75) is 176 Å². The number of halogens is 20. The van der Waals surface area contributed by atoms with Gasteiger partial charge in [-0.3, -0.25) is 0 Å². The monoisotopic (exact) mass is 1020 g/mol. The molecule has 0 unspecified atom stereocenters. The van der Waals surface area contributed by atoms with Gasteiger partial charge in [0.05, 0.1) is 22.3 Å². The molecule has 0 heterocycles. The molecule has 0 aromatic heterocycles. The van der Waals surface area contributed by atoms with Crippen molar-refractivity contribution in [3.8, 4) is 0 Å². The minimum Gasteiger partial charge on any atom is -0.206 e. The van der Waals surface area contributed by atoms with Crippen LogP contribution in [0.2, 0.25) is 0 Å². The molecule has 0 aliphatic heterocycles. The molecule has 0 saturated carbocycles. The highest BCUT2D eigenvalue weighted by Gasteiger charge is 2.57. The molecule has 0 aliphatic carbocycles. The third-order valence-corrected chi connectivity index (χ3v) is 9.34. The molecular weight excluding hydrogens is 956 g/mol. The summed E-state index contributed by atoms with van der Waals surface area (Å²) < 4.78 is 266. The molecule has 0 spiro atoms. The van der Waals surface area contributed by atoms with Crippen LogP contribution in [0.3, 0.4) is 0 Å². The summed E-state index contributed by atoms with van der Waals surface area (Å²) in [5.41, 5.74) is -18.8. The zero-order valence-corrected chi connectivity index (χ0v) is 39.4. The van der Waals surface area contributed by atoms with Gasteiger partial charge in [-0.2, -0.15) is 52.7 Å². The van der Waals surface area contributed by atoms with Gasteiger partial charge in [0.25, 0.3) is 0 Å². The van der Waals surface area contributed by atoms with Gasteiger partial charge in [-0.05, 0) is 72.8 Å². The van der Waals surface area contributed by atoms with Gasteiger partial charge in [0.1, 0.15) is 5.82 Å². The Morgan fingerprint density at radius 3 is 0.765 bits per heavy atom. The average Bonchev–Trinajstić information content (AvgIpc) is 3.09. The molecule has 0 N–H and O–H groups in total. The third-order valence-electron chi connectivity index (χ3n) is 9.34. The fraction of sp³-hybridized carbons (Fsp3) is 0.625. The summed E-state index contributed by atoms with van der Waals surface area (Å²) in [6, 6.07) is 0. The summed E-state index contributed by atoms with van der Waals surface area (Å²) in [5, 5.41) is 0. The predicted octanol–water partition coefficient (Wildman–Crippen LogP) is 19.7. The molecule has 0 radical (unpaired) electrons. The molecule has 3 aromatic carbocycles. The van der Waals surface area contributed by atoms with Gasteiger partial charge in [-0.15, -0.1) is 0 Å². The lowest BCUT2D eigenvalue weighted by atomic mass is 9.78. The fourth-order valence-corrected chi connectivity index (χ4v) is 5.88. The van der Waals surface area contributed by atoms with Crippen LogP contribution in [-0.4, -0.2) is 0 Å². The van der Waals surface area contributed by atoms with E-state index >= 15 is 0 Å². The average molecular weight is 1020 g/mol. The van der Waals surface area contributed by atoms with Gasteiger partial charge < -0.3 is 0 Å². The minimum absolute atomic E-state index is 0. The molecule has 0 amide bonds. The van der Waals surface area contributed by atoms with Crippen LogP contribution in [0, 0.1) is 89.0 Å². The van der Waals surface area contributed by atoms with Crippen molar-refractivity contribution in [3.05, 3.63) is 102 Å². The van der Waals surface area contributed by atoms with E-state index in [0.29, 0.717) is 12.3 Å². The Hall–Kier alpha value is -3.74. The summed E-state index contributed by atoms with van der Waals surface area (Å²) >= 11 is 0. The van der Waals surface area contributed by atoms with Crippen LogP contribution < -0.4 is 0 Å². The molecule has 20 heteroatoms. The molecule has 0 nitrogen and oxygen atoms in total. The van der Waals surface area contributed by atoms with Crippen LogP contribution in [0.4, 0.5) is 87.8 Å². The molecule has 3 aromatic rings. The second-order valence-corrected chi connectivity index (χ2v) is 20.4. The second kappa shape index (κ2) is 23.4. The van der Waals surface area contributed by atoms with Crippen molar-refractivity contribution >= 4 is 0 Å².